The molecule has 158 valence electrons. The quantitative estimate of drug-likeness (QED) is 0.595. The summed E-state index contributed by atoms with van der Waals surface area (Å²) in [7, 11) is 0. The molecule has 3 rings (SSSR count). The molecule has 6 nitrogen and oxygen atoms in total. The number of hydrogen-bond acceptors (Lipinski definition) is 4. The first-order valence-electron chi connectivity index (χ1n) is 10.1. The van der Waals surface area contributed by atoms with Crippen molar-refractivity contribution in [1.29, 1.82) is 0 Å². The standard InChI is InChI=1S/C23H27ClN4O2/c1-14(2)20(21-26-19-13-17(24)9-10-18(19)22(29)27-21)28(12-4-11-25)23(30)16-7-5-15(3)6-8-16/h5-10,13-14,20H,4,11-12,25H2,1-3H3,(H,26,27,29)/t20-/m0/s1. The van der Waals surface area contributed by atoms with Gasteiger partial charge in [0.15, 0.2) is 0 Å². The van der Waals surface area contributed by atoms with Crippen molar-refractivity contribution >= 4 is 28.4 Å². The van der Waals surface area contributed by atoms with Gasteiger partial charge in [0.25, 0.3) is 11.5 Å². The second-order valence-corrected chi connectivity index (χ2v) is 8.24. The van der Waals surface area contributed by atoms with Gasteiger partial charge in [-0.25, -0.2) is 4.98 Å². The van der Waals surface area contributed by atoms with Crippen molar-refractivity contribution in [2.24, 2.45) is 11.7 Å². The number of aryl methyl sites for hydroxylation is 1. The van der Waals surface area contributed by atoms with E-state index < -0.39 is 6.04 Å². The summed E-state index contributed by atoms with van der Waals surface area (Å²) < 4.78 is 0. The van der Waals surface area contributed by atoms with E-state index in [1.165, 1.54) is 0 Å². The predicted molar refractivity (Wildman–Crippen MR) is 121 cm³/mol. The molecule has 1 atom stereocenters. The van der Waals surface area contributed by atoms with E-state index in [1.807, 2.05) is 45.0 Å². The first-order valence-corrected chi connectivity index (χ1v) is 10.5. The highest BCUT2D eigenvalue weighted by atomic mass is 35.5. The first kappa shape index (κ1) is 22.0. The van der Waals surface area contributed by atoms with Crippen LogP contribution in [0.2, 0.25) is 5.02 Å². The smallest absolute Gasteiger partial charge is 0.258 e. The summed E-state index contributed by atoms with van der Waals surface area (Å²) in [4.78, 5) is 35.4. The van der Waals surface area contributed by atoms with Crippen LogP contribution in [0.4, 0.5) is 0 Å². The highest BCUT2D eigenvalue weighted by Crippen LogP contribution is 2.29. The number of H-pyrrole nitrogens is 1. The Morgan fingerprint density at radius 1 is 1.20 bits per heavy atom. The fourth-order valence-electron chi connectivity index (χ4n) is 3.58. The largest absolute Gasteiger partial charge is 0.330 e. The maximum Gasteiger partial charge on any atom is 0.258 e. The number of aromatic amines is 1. The molecule has 0 unspecified atom stereocenters. The lowest BCUT2D eigenvalue weighted by Gasteiger charge is -2.34. The molecule has 0 aliphatic carbocycles. The second-order valence-electron chi connectivity index (χ2n) is 7.81. The van der Waals surface area contributed by atoms with Gasteiger partial charge in [-0.3, -0.25) is 9.59 Å². The van der Waals surface area contributed by atoms with E-state index in [0.29, 0.717) is 46.8 Å². The molecule has 0 saturated heterocycles. The van der Waals surface area contributed by atoms with E-state index in [2.05, 4.69) is 9.97 Å². The Balaban J connectivity index is 2.10. The molecule has 1 heterocycles. The molecule has 0 aliphatic heterocycles. The Morgan fingerprint density at radius 2 is 1.90 bits per heavy atom. The summed E-state index contributed by atoms with van der Waals surface area (Å²) in [5.74, 6) is 0.343. The van der Waals surface area contributed by atoms with Crippen LogP contribution in [0.25, 0.3) is 10.9 Å². The van der Waals surface area contributed by atoms with Crippen molar-refractivity contribution in [2.45, 2.75) is 33.2 Å². The highest BCUT2D eigenvalue weighted by molar-refractivity contribution is 6.31. The lowest BCUT2D eigenvalue weighted by molar-refractivity contribution is 0.0609. The molecule has 3 N–H and O–H groups in total. The minimum Gasteiger partial charge on any atom is -0.330 e. The Kier molecular flexibility index (Phi) is 6.90. The lowest BCUT2D eigenvalue weighted by Crippen LogP contribution is -2.40. The summed E-state index contributed by atoms with van der Waals surface area (Å²) >= 11 is 6.11. The number of nitrogens with two attached hydrogens (primary N) is 1. The molecular formula is C23H27ClN4O2. The second kappa shape index (κ2) is 9.41. The van der Waals surface area contributed by atoms with Gasteiger partial charge in [0, 0.05) is 17.1 Å². The van der Waals surface area contributed by atoms with E-state index in [-0.39, 0.29) is 17.4 Å². The number of aromatic nitrogens is 2. The Bertz CT molecular complexity index is 1090. The van der Waals surface area contributed by atoms with Gasteiger partial charge in [0.1, 0.15) is 5.82 Å². The first-order chi connectivity index (χ1) is 14.3. The molecule has 30 heavy (non-hydrogen) atoms. The number of carbonyl (C=O) groups excluding carboxylic acids is 1. The zero-order valence-corrected chi connectivity index (χ0v) is 18.2. The highest BCUT2D eigenvalue weighted by Gasteiger charge is 2.30. The van der Waals surface area contributed by atoms with Gasteiger partial charge in [-0.1, -0.05) is 43.1 Å². The third kappa shape index (κ3) is 4.71. The van der Waals surface area contributed by atoms with Gasteiger partial charge in [0.05, 0.1) is 16.9 Å². The van der Waals surface area contributed by atoms with Gasteiger partial charge in [-0.2, -0.15) is 0 Å². The summed E-state index contributed by atoms with van der Waals surface area (Å²) in [6.45, 7) is 6.91. The molecule has 1 amide bonds. The van der Waals surface area contributed by atoms with Crippen LogP contribution in [0.15, 0.2) is 47.3 Å². The van der Waals surface area contributed by atoms with Gasteiger partial charge in [-0.05, 0) is 56.1 Å². The SMILES string of the molecule is Cc1ccc(C(=O)N(CCCN)[C@H](c2nc3cc(Cl)ccc3c(=O)[nH]2)C(C)C)cc1. The topological polar surface area (TPSA) is 92.1 Å². The van der Waals surface area contributed by atoms with E-state index in [1.54, 1.807) is 23.1 Å². The zero-order valence-electron chi connectivity index (χ0n) is 17.5. The van der Waals surface area contributed by atoms with Crippen molar-refractivity contribution in [2.75, 3.05) is 13.1 Å². The maximum atomic E-state index is 13.4. The lowest BCUT2D eigenvalue weighted by atomic mass is 9.99. The monoisotopic (exact) mass is 426 g/mol. The number of nitrogens with zero attached hydrogens (tertiary/aromatic N) is 2. The molecule has 2 aromatic carbocycles. The zero-order chi connectivity index (χ0) is 21.8. The molecule has 0 radical (unpaired) electrons. The van der Waals surface area contributed by atoms with Crippen LogP contribution in [-0.2, 0) is 0 Å². The third-order valence-corrected chi connectivity index (χ3v) is 5.33. The van der Waals surface area contributed by atoms with E-state index in [0.717, 1.165) is 5.56 Å². The molecule has 1 aromatic heterocycles. The van der Waals surface area contributed by atoms with Crippen LogP contribution in [-0.4, -0.2) is 33.9 Å². The van der Waals surface area contributed by atoms with Crippen molar-refractivity contribution in [3.8, 4) is 0 Å². The van der Waals surface area contributed by atoms with Crippen molar-refractivity contribution in [3.63, 3.8) is 0 Å². The van der Waals surface area contributed by atoms with Crippen LogP contribution in [0, 0.1) is 12.8 Å². The number of carbonyl (C=O) groups is 1. The van der Waals surface area contributed by atoms with E-state index in [9.17, 15) is 9.59 Å². The molecule has 0 bridgehead atoms. The Labute approximate surface area is 181 Å². The van der Waals surface area contributed by atoms with Crippen molar-refractivity contribution in [1.82, 2.24) is 14.9 Å². The fraction of sp³-hybridized carbons (Fsp3) is 0.348. The molecule has 0 fully saturated rings. The molecule has 0 spiro atoms. The number of halogens is 1. The predicted octanol–water partition coefficient (Wildman–Crippen LogP) is 4.07. The Hall–Kier alpha value is -2.70. The number of rotatable bonds is 7. The summed E-state index contributed by atoms with van der Waals surface area (Å²) in [6.07, 6.45) is 0.643. The van der Waals surface area contributed by atoms with Crippen LogP contribution in [0.3, 0.4) is 0 Å². The molecule has 0 aliphatic rings. The fourth-order valence-corrected chi connectivity index (χ4v) is 3.75. The molecule has 7 heteroatoms. The van der Waals surface area contributed by atoms with Gasteiger partial charge < -0.3 is 15.6 Å². The van der Waals surface area contributed by atoms with Crippen LogP contribution in [0.1, 0.15) is 48.1 Å². The van der Waals surface area contributed by atoms with Crippen molar-refractivity contribution < 1.29 is 4.79 Å². The summed E-state index contributed by atoms with van der Waals surface area (Å²) in [5.41, 5.74) is 7.67. The van der Waals surface area contributed by atoms with Crippen LogP contribution < -0.4 is 11.3 Å². The Morgan fingerprint density at radius 3 is 2.53 bits per heavy atom. The van der Waals surface area contributed by atoms with Gasteiger partial charge in [-0.15, -0.1) is 0 Å². The van der Waals surface area contributed by atoms with Crippen LogP contribution in [0.5, 0.6) is 0 Å². The average molecular weight is 427 g/mol. The minimum atomic E-state index is -0.415. The number of nitrogens with one attached hydrogen (secondary N) is 1. The van der Waals surface area contributed by atoms with E-state index >= 15 is 0 Å². The van der Waals surface area contributed by atoms with Crippen LogP contribution >= 0.6 is 11.6 Å². The third-order valence-electron chi connectivity index (χ3n) is 5.10. The van der Waals surface area contributed by atoms with Gasteiger partial charge in [0.2, 0.25) is 0 Å². The number of hydrogen-bond donors (Lipinski definition) is 2. The minimum absolute atomic E-state index is 0.0111. The average Bonchev–Trinajstić information content (AvgIpc) is 2.70. The summed E-state index contributed by atoms with van der Waals surface area (Å²) in [5, 5.41) is 0.965. The number of fused-ring (bicyclic) bond motifs is 1. The van der Waals surface area contributed by atoms with Gasteiger partial charge >= 0.3 is 0 Å². The normalized spacial score (nSPS) is 12.3. The molecular weight excluding hydrogens is 400 g/mol. The number of amides is 1. The van der Waals surface area contributed by atoms with Crippen molar-refractivity contribution in [3.05, 3.63) is 74.8 Å². The van der Waals surface area contributed by atoms with E-state index in [4.69, 9.17) is 17.3 Å². The maximum absolute atomic E-state index is 13.4. The number of benzene rings is 2. The molecule has 0 saturated carbocycles. The summed E-state index contributed by atoms with van der Waals surface area (Å²) in [6, 6.07) is 12.0. The molecule has 3 aromatic rings.